The largest absolute Gasteiger partial charge is 0.370 e. The van der Waals surface area contributed by atoms with Crippen LogP contribution in [0.1, 0.15) is 25.0 Å². The molecule has 3 nitrogen and oxygen atoms in total. The number of hydrogen-bond donors (Lipinski definition) is 2. The van der Waals surface area contributed by atoms with Crippen LogP contribution >= 0.6 is 15.9 Å². The summed E-state index contributed by atoms with van der Waals surface area (Å²) in [5, 5.41) is 6.83. The Kier molecular flexibility index (Phi) is 4.18. The second-order valence-electron chi connectivity index (χ2n) is 4.27. The van der Waals surface area contributed by atoms with Crippen molar-refractivity contribution in [3.05, 3.63) is 22.3 Å². The third kappa shape index (κ3) is 3.76. The number of anilines is 1. The predicted octanol–water partition coefficient (Wildman–Crippen LogP) is 2.71. The van der Waals surface area contributed by atoms with E-state index in [1.807, 2.05) is 19.1 Å². The summed E-state index contributed by atoms with van der Waals surface area (Å²) in [6.45, 7) is 4.09. The Morgan fingerprint density at radius 2 is 2.19 bits per heavy atom. The molecule has 1 saturated carbocycles. The maximum absolute atomic E-state index is 4.44. The first kappa shape index (κ1) is 11.9. The SMILES string of the molecule is Cc1nc(NCCCNC2CC2)ccc1Br. The summed E-state index contributed by atoms with van der Waals surface area (Å²) in [5.74, 6) is 0.965. The summed E-state index contributed by atoms with van der Waals surface area (Å²) in [7, 11) is 0. The Morgan fingerprint density at radius 3 is 2.88 bits per heavy atom. The second kappa shape index (κ2) is 5.64. The number of pyridine rings is 1. The van der Waals surface area contributed by atoms with Crippen LogP contribution in [0.5, 0.6) is 0 Å². The van der Waals surface area contributed by atoms with Gasteiger partial charge in [0, 0.05) is 17.1 Å². The number of aromatic nitrogens is 1. The molecule has 0 radical (unpaired) electrons. The van der Waals surface area contributed by atoms with Crippen LogP contribution in [0.15, 0.2) is 16.6 Å². The number of aryl methyl sites for hydroxylation is 1. The second-order valence-corrected chi connectivity index (χ2v) is 5.13. The molecule has 0 spiro atoms. The number of nitrogens with zero attached hydrogens (tertiary/aromatic N) is 1. The molecule has 1 fully saturated rings. The zero-order valence-corrected chi connectivity index (χ0v) is 11.2. The highest BCUT2D eigenvalue weighted by molar-refractivity contribution is 9.10. The van der Waals surface area contributed by atoms with Gasteiger partial charge in [0.1, 0.15) is 5.82 Å². The van der Waals surface area contributed by atoms with Crippen molar-refractivity contribution in [1.82, 2.24) is 10.3 Å². The molecule has 1 heterocycles. The van der Waals surface area contributed by atoms with Crippen molar-refractivity contribution in [3.63, 3.8) is 0 Å². The molecule has 0 aliphatic heterocycles. The van der Waals surface area contributed by atoms with E-state index in [1.165, 1.54) is 12.8 Å². The van der Waals surface area contributed by atoms with E-state index in [0.717, 1.165) is 41.5 Å². The van der Waals surface area contributed by atoms with Crippen molar-refractivity contribution in [2.45, 2.75) is 32.2 Å². The summed E-state index contributed by atoms with van der Waals surface area (Å²) in [6.07, 6.45) is 3.87. The molecule has 1 aliphatic rings. The van der Waals surface area contributed by atoms with Gasteiger partial charge in [-0.15, -0.1) is 0 Å². The predicted molar refractivity (Wildman–Crippen MR) is 70.8 cm³/mol. The van der Waals surface area contributed by atoms with Gasteiger partial charge in [0.2, 0.25) is 0 Å². The molecule has 16 heavy (non-hydrogen) atoms. The maximum Gasteiger partial charge on any atom is 0.126 e. The van der Waals surface area contributed by atoms with Gasteiger partial charge >= 0.3 is 0 Å². The van der Waals surface area contributed by atoms with Gasteiger partial charge in [0.15, 0.2) is 0 Å². The van der Waals surface area contributed by atoms with Gasteiger partial charge in [0.25, 0.3) is 0 Å². The zero-order valence-electron chi connectivity index (χ0n) is 9.59. The molecule has 1 aliphatic carbocycles. The van der Waals surface area contributed by atoms with Crippen molar-refractivity contribution in [2.24, 2.45) is 0 Å². The van der Waals surface area contributed by atoms with E-state index in [2.05, 4.69) is 31.5 Å². The Bertz CT molecular complexity index is 350. The molecule has 0 saturated heterocycles. The molecule has 1 aromatic rings. The van der Waals surface area contributed by atoms with Crippen molar-refractivity contribution < 1.29 is 0 Å². The third-order valence-electron chi connectivity index (χ3n) is 2.69. The van der Waals surface area contributed by atoms with Crippen LogP contribution < -0.4 is 10.6 Å². The van der Waals surface area contributed by atoms with Gasteiger partial charge < -0.3 is 10.6 Å². The number of nitrogens with one attached hydrogen (secondary N) is 2. The molecule has 0 unspecified atom stereocenters. The fourth-order valence-electron chi connectivity index (χ4n) is 1.54. The highest BCUT2D eigenvalue weighted by Gasteiger charge is 2.19. The van der Waals surface area contributed by atoms with Crippen molar-refractivity contribution in [1.29, 1.82) is 0 Å². The summed E-state index contributed by atoms with van der Waals surface area (Å²) < 4.78 is 1.06. The van der Waals surface area contributed by atoms with E-state index < -0.39 is 0 Å². The van der Waals surface area contributed by atoms with Crippen LogP contribution in [0, 0.1) is 6.92 Å². The fraction of sp³-hybridized carbons (Fsp3) is 0.583. The first-order valence-electron chi connectivity index (χ1n) is 5.86. The van der Waals surface area contributed by atoms with Crippen LogP contribution in [0.4, 0.5) is 5.82 Å². The van der Waals surface area contributed by atoms with E-state index in [0.29, 0.717) is 0 Å². The highest BCUT2D eigenvalue weighted by Crippen LogP contribution is 2.18. The van der Waals surface area contributed by atoms with Crippen LogP contribution in [-0.4, -0.2) is 24.1 Å². The van der Waals surface area contributed by atoms with Gasteiger partial charge in [-0.25, -0.2) is 4.98 Å². The first-order valence-corrected chi connectivity index (χ1v) is 6.65. The van der Waals surface area contributed by atoms with Crippen LogP contribution in [-0.2, 0) is 0 Å². The molecule has 2 rings (SSSR count). The maximum atomic E-state index is 4.44. The Balaban J connectivity index is 1.65. The molecule has 0 bridgehead atoms. The smallest absolute Gasteiger partial charge is 0.126 e. The van der Waals surface area contributed by atoms with Crippen molar-refractivity contribution >= 4 is 21.7 Å². The first-order chi connectivity index (χ1) is 7.75. The molecular weight excluding hydrogens is 266 g/mol. The Morgan fingerprint density at radius 1 is 1.38 bits per heavy atom. The summed E-state index contributed by atoms with van der Waals surface area (Å²) in [4.78, 5) is 4.44. The average Bonchev–Trinajstić information content (AvgIpc) is 3.07. The van der Waals surface area contributed by atoms with E-state index in [1.54, 1.807) is 0 Å². The van der Waals surface area contributed by atoms with E-state index in [4.69, 9.17) is 0 Å². The average molecular weight is 284 g/mol. The molecule has 88 valence electrons. The molecule has 0 amide bonds. The molecule has 1 aromatic heterocycles. The van der Waals surface area contributed by atoms with Crippen LogP contribution in [0.2, 0.25) is 0 Å². The van der Waals surface area contributed by atoms with E-state index in [-0.39, 0.29) is 0 Å². The van der Waals surface area contributed by atoms with E-state index in [9.17, 15) is 0 Å². The van der Waals surface area contributed by atoms with Gasteiger partial charge in [-0.05, 0) is 60.8 Å². The van der Waals surface area contributed by atoms with Crippen LogP contribution in [0.25, 0.3) is 0 Å². The van der Waals surface area contributed by atoms with Gasteiger partial charge in [-0.3, -0.25) is 0 Å². The lowest BCUT2D eigenvalue weighted by molar-refractivity contribution is 0.658. The quantitative estimate of drug-likeness (QED) is 0.789. The minimum absolute atomic E-state index is 0.813. The highest BCUT2D eigenvalue weighted by atomic mass is 79.9. The van der Waals surface area contributed by atoms with Gasteiger partial charge in [-0.1, -0.05) is 0 Å². The summed E-state index contributed by atoms with van der Waals surface area (Å²) in [6, 6.07) is 4.85. The minimum atomic E-state index is 0.813. The molecule has 4 heteroatoms. The van der Waals surface area contributed by atoms with E-state index >= 15 is 0 Å². The fourth-order valence-corrected chi connectivity index (χ4v) is 1.76. The molecular formula is C12H18BrN3. The molecule has 2 N–H and O–H groups in total. The molecule has 0 aromatic carbocycles. The summed E-state index contributed by atoms with van der Waals surface area (Å²) >= 11 is 3.44. The number of hydrogen-bond acceptors (Lipinski definition) is 3. The number of halogens is 1. The molecule has 0 atom stereocenters. The third-order valence-corrected chi connectivity index (χ3v) is 3.53. The Labute approximate surface area is 105 Å². The minimum Gasteiger partial charge on any atom is -0.370 e. The lowest BCUT2D eigenvalue weighted by Crippen LogP contribution is -2.20. The van der Waals surface area contributed by atoms with Gasteiger partial charge in [-0.2, -0.15) is 0 Å². The normalized spacial score (nSPS) is 15.1. The topological polar surface area (TPSA) is 37.0 Å². The lowest BCUT2D eigenvalue weighted by Gasteiger charge is -2.07. The monoisotopic (exact) mass is 283 g/mol. The van der Waals surface area contributed by atoms with Gasteiger partial charge in [0.05, 0.1) is 5.69 Å². The Hall–Kier alpha value is -0.610. The number of rotatable bonds is 6. The van der Waals surface area contributed by atoms with Crippen LogP contribution in [0.3, 0.4) is 0 Å². The van der Waals surface area contributed by atoms with Crippen molar-refractivity contribution in [2.75, 3.05) is 18.4 Å². The summed E-state index contributed by atoms with van der Waals surface area (Å²) in [5.41, 5.74) is 1.03. The standard InChI is InChI=1S/C12H18BrN3/c1-9-11(13)5-6-12(16-9)15-8-2-7-14-10-3-4-10/h5-6,10,14H,2-4,7-8H2,1H3,(H,15,16). The lowest BCUT2D eigenvalue weighted by atomic mass is 10.3. The zero-order chi connectivity index (χ0) is 11.4. The van der Waals surface area contributed by atoms with Crippen molar-refractivity contribution in [3.8, 4) is 0 Å².